The van der Waals surface area contributed by atoms with Crippen LogP contribution in [0.4, 0.5) is 0 Å². The molecule has 0 spiro atoms. The summed E-state index contributed by atoms with van der Waals surface area (Å²) < 4.78 is 6.88. The molecule has 0 saturated carbocycles. The number of benzene rings is 1. The van der Waals surface area contributed by atoms with E-state index in [1.54, 1.807) is 18.4 Å². The van der Waals surface area contributed by atoms with Crippen molar-refractivity contribution in [1.29, 1.82) is 0 Å². The molecular weight excluding hydrogens is 368 g/mol. The second-order valence-corrected chi connectivity index (χ2v) is 7.91. The first kappa shape index (κ1) is 19.4. The number of carbonyl (C=O) groups excluding carboxylic acids is 1. The van der Waals surface area contributed by atoms with Crippen LogP contribution in [0.3, 0.4) is 0 Å². The maximum atomic E-state index is 13.1. The standard InChI is InChI=1S/C22H26N4O3/c1-16(2)20-13-24(12-17-6-5-11-29-17)9-10-26(20)21(27)14-25-15-23-19-8-4-3-7-18(19)22(25)28/h3-8,11,15-16,20H,9-10,12-14H2,1-2H3/t20-/m1/s1. The summed E-state index contributed by atoms with van der Waals surface area (Å²) >= 11 is 0. The van der Waals surface area contributed by atoms with E-state index in [1.165, 1.54) is 10.9 Å². The van der Waals surface area contributed by atoms with Crippen LogP contribution in [-0.4, -0.2) is 50.9 Å². The van der Waals surface area contributed by atoms with Gasteiger partial charge in [0.05, 0.1) is 30.0 Å². The number of hydrogen-bond donors (Lipinski definition) is 0. The molecule has 2 aromatic heterocycles. The normalized spacial score (nSPS) is 17.9. The zero-order chi connectivity index (χ0) is 20.4. The van der Waals surface area contributed by atoms with Gasteiger partial charge in [-0.3, -0.25) is 19.1 Å². The second-order valence-electron chi connectivity index (χ2n) is 7.91. The van der Waals surface area contributed by atoms with E-state index in [2.05, 4.69) is 23.7 Å². The van der Waals surface area contributed by atoms with Crippen molar-refractivity contribution in [1.82, 2.24) is 19.4 Å². The third-order valence-electron chi connectivity index (χ3n) is 5.59. The maximum absolute atomic E-state index is 13.1. The fourth-order valence-electron chi connectivity index (χ4n) is 3.97. The van der Waals surface area contributed by atoms with Gasteiger partial charge in [-0.05, 0) is 30.2 Å². The van der Waals surface area contributed by atoms with Crippen LogP contribution in [-0.2, 0) is 17.9 Å². The van der Waals surface area contributed by atoms with Gasteiger partial charge in [0.1, 0.15) is 12.3 Å². The Hall–Kier alpha value is -2.93. The molecule has 3 heterocycles. The molecule has 1 saturated heterocycles. The van der Waals surface area contributed by atoms with E-state index < -0.39 is 0 Å². The Balaban J connectivity index is 1.49. The van der Waals surface area contributed by atoms with Gasteiger partial charge >= 0.3 is 0 Å². The van der Waals surface area contributed by atoms with Crippen molar-refractivity contribution in [3.05, 3.63) is 65.1 Å². The van der Waals surface area contributed by atoms with E-state index >= 15 is 0 Å². The van der Waals surface area contributed by atoms with Crippen LogP contribution in [0, 0.1) is 5.92 Å². The number of para-hydroxylation sites is 1. The van der Waals surface area contributed by atoms with Crippen LogP contribution in [0.25, 0.3) is 10.9 Å². The van der Waals surface area contributed by atoms with Gasteiger partial charge in [0, 0.05) is 25.7 Å². The third kappa shape index (κ3) is 4.10. The Morgan fingerprint density at radius 2 is 2.03 bits per heavy atom. The van der Waals surface area contributed by atoms with Crippen LogP contribution in [0.15, 0.2) is 58.2 Å². The van der Waals surface area contributed by atoms with Crippen molar-refractivity contribution in [3.63, 3.8) is 0 Å². The summed E-state index contributed by atoms with van der Waals surface area (Å²) in [6.45, 7) is 7.22. The summed E-state index contributed by atoms with van der Waals surface area (Å²) in [6.07, 6.45) is 3.16. The number of furan rings is 1. The van der Waals surface area contributed by atoms with Crippen molar-refractivity contribution in [2.24, 2.45) is 5.92 Å². The van der Waals surface area contributed by atoms with Crippen LogP contribution < -0.4 is 5.56 Å². The highest BCUT2D eigenvalue weighted by atomic mass is 16.3. The number of hydrogen-bond acceptors (Lipinski definition) is 5. The Labute approximate surface area is 169 Å². The Morgan fingerprint density at radius 3 is 2.79 bits per heavy atom. The predicted molar refractivity (Wildman–Crippen MR) is 110 cm³/mol. The van der Waals surface area contributed by atoms with Crippen molar-refractivity contribution in [3.8, 4) is 0 Å². The summed E-state index contributed by atoms with van der Waals surface area (Å²) in [5.41, 5.74) is 0.467. The van der Waals surface area contributed by atoms with E-state index in [-0.39, 0.29) is 24.1 Å². The fourth-order valence-corrected chi connectivity index (χ4v) is 3.97. The van der Waals surface area contributed by atoms with Crippen LogP contribution in [0.1, 0.15) is 19.6 Å². The summed E-state index contributed by atoms with van der Waals surface area (Å²) in [6, 6.07) is 11.2. The lowest BCUT2D eigenvalue weighted by Gasteiger charge is -2.43. The molecule has 0 unspecified atom stereocenters. The summed E-state index contributed by atoms with van der Waals surface area (Å²) in [5.74, 6) is 1.20. The molecule has 1 aliphatic rings. The van der Waals surface area contributed by atoms with Crippen LogP contribution in [0.2, 0.25) is 0 Å². The van der Waals surface area contributed by atoms with Gasteiger partial charge in [-0.1, -0.05) is 26.0 Å². The number of nitrogens with zero attached hydrogens (tertiary/aromatic N) is 4. The lowest BCUT2D eigenvalue weighted by Crippen LogP contribution is -2.57. The first-order chi connectivity index (χ1) is 14.0. The van der Waals surface area contributed by atoms with Gasteiger partial charge in [0.25, 0.3) is 5.56 Å². The molecule has 4 rings (SSSR count). The number of fused-ring (bicyclic) bond motifs is 1. The molecule has 152 valence electrons. The minimum absolute atomic E-state index is 0.0120. The van der Waals surface area contributed by atoms with E-state index in [1.807, 2.05) is 29.2 Å². The first-order valence-corrected chi connectivity index (χ1v) is 10.0. The molecule has 3 aromatic rings. The maximum Gasteiger partial charge on any atom is 0.261 e. The fraction of sp³-hybridized carbons (Fsp3) is 0.409. The van der Waals surface area contributed by atoms with Crippen LogP contribution >= 0.6 is 0 Å². The smallest absolute Gasteiger partial charge is 0.261 e. The van der Waals surface area contributed by atoms with Crippen molar-refractivity contribution < 1.29 is 9.21 Å². The first-order valence-electron chi connectivity index (χ1n) is 10.0. The van der Waals surface area contributed by atoms with Gasteiger partial charge in [-0.2, -0.15) is 0 Å². The monoisotopic (exact) mass is 394 g/mol. The number of piperazine rings is 1. The molecule has 0 radical (unpaired) electrons. The quantitative estimate of drug-likeness (QED) is 0.664. The largest absolute Gasteiger partial charge is 0.468 e. The van der Waals surface area contributed by atoms with Gasteiger partial charge in [0.15, 0.2) is 0 Å². The number of rotatable bonds is 5. The molecule has 29 heavy (non-hydrogen) atoms. The third-order valence-corrected chi connectivity index (χ3v) is 5.59. The molecule has 7 heteroatoms. The van der Waals surface area contributed by atoms with Gasteiger partial charge in [-0.25, -0.2) is 4.98 Å². The summed E-state index contributed by atoms with van der Waals surface area (Å²) in [7, 11) is 0. The molecule has 1 aromatic carbocycles. The van der Waals surface area contributed by atoms with Crippen molar-refractivity contribution in [2.75, 3.05) is 19.6 Å². The van der Waals surface area contributed by atoms with E-state index in [4.69, 9.17) is 4.42 Å². The molecule has 1 aliphatic heterocycles. The number of carbonyl (C=O) groups is 1. The van der Waals surface area contributed by atoms with Crippen molar-refractivity contribution >= 4 is 16.8 Å². The predicted octanol–water partition coefficient (Wildman–Crippen LogP) is 2.36. The van der Waals surface area contributed by atoms with E-state index in [0.29, 0.717) is 23.4 Å². The zero-order valence-electron chi connectivity index (χ0n) is 16.8. The summed E-state index contributed by atoms with van der Waals surface area (Å²) in [5, 5.41) is 0.534. The second kappa shape index (κ2) is 8.21. The average Bonchev–Trinajstić information content (AvgIpc) is 3.23. The lowest BCUT2D eigenvalue weighted by atomic mass is 9.99. The highest BCUT2D eigenvalue weighted by Crippen LogP contribution is 2.20. The minimum Gasteiger partial charge on any atom is -0.468 e. The SMILES string of the molecule is CC(C)[C@H]1CN(Cc2ccco2)CCN1C(=O)Cn1cnc2ccccc2c1=O. The van der Waals surface area contributed by atoms with Crippen LogP contribution in [0.5, 0.6) is 0 Å². The molecule has 1 amide bonds. The Morgan fingerprint density at radius 1 is 1.21 bits per heavy atom. The summed E-state index contributed by atoms with van der Waals surface area (Å²) in [4.78, 5) is 34.4. The minimum atomic E-state index is -0.179. The molecule has 1 fully saturated rings. The van der Waals surface area contributed by atoms with Gasteiger partial charge in [-0.15, -0.1) is 0 Å². The van der Waals surface area contributed by atoms with Gasteiger partial charge in [0.2, 0.25) is 5.91 Å². The highest BCUT2D eigenvalue weighted by molar-refractivity contribution is 5.79. The number of aromatic nitrogens is 2. The molecule has 0 bridgehead atoms. The van der Waals surface area contributed by atoms with E-state index in [9.17, 15) is 9.59 Å². The lowest BCUT2D eigenvalue weighted by molar-refractivity contribution is -0.138. The molecule has 1 atom stereocenters. The molecular formula is C22H26N4O3. The topological polar surface area (TPSA) is 71.6 Å². The zero-order valence-corrected chi connectivity index (χ0v) is 16.8. The highest BCUT2D eigenvalue weighted by Gasteiger charge is 2.32. The molecule has 7 nitrogen and oxygen atoms in total. The number of amides is 1. The van der Waals surface area contributed by atoms with Crippen molar-refractivity contribution in [2.45, 2.75) is 33.0 Å². The Bertz CT molecular complexity index is 1040. The Kier molecular flexibility index (Phi) is 5.49. The molecule has 0 N–H and O–H groups in total. The van der Waals surface area contributed by atoms with Gasteiger partial charge < -0.3 is 9.32 Å². The average molecular weight is 394 g/mol. The molecule has 0 aliphatic carbocycles. The van der Waals surface area contributed by atoms with E-state index in [0.717, 1.165) is 25.4 Å².